The Bertz CT molecular complexity index is 1090. The molecular formula is C18H13ClN4O3. The van der Waals surface area contributed by atoms with Gasteiger partial charge in [-0.3, -0.25) is 15.2 Å². The summed E-state index contributed by atoms with van der Waals surface area (Å²) in [6.45, 7) is 0. The quantitative estimate of drug-likeness (QED) is 0.565. The summed E-state index contributed by atoms with van der Waals surface area (Å²) >= 11 is 5.94. The maximum atomic E-state index is 12.3. The lowest BCUT2D eigenvalue weighted by atomic mass is 10.2. The van der Waals surface area contributed by atoms with Crippen molar-refractivity contribution in [3.63, 3.8) is 0 Å². The number of halogens is 1. The van der Waals surface area contributed by atoms with Gasteiger partial charge < -0.3 is 9.15 Å². The molecule has 0 saturated carbocycles. The van der Waals surface area contributed by atoms with E-state index in [1.54, 1.807) is 31.4 Å². The number of ether oxygens (including phenoxy) is 1. The number of nitrogens with one attached hydrogen (secondary N) is 2. The lowest BCUT2D eigenvalue weighted by Gasteiger charge is -2.00. The van der Waals surface area contributed by atoms with Crippen molar-refractivity contribution in [2.45, 2.75) is 0 Å². The van der Waals surface area contributed by atoms with E-state index in [-0.39, 0.29) is 11.7 Å². The summed E-state index contributed by atoms with van der Waals surface area (Å²) in [5.41, 5.74) is 1.39. The number of amides is 1. The fourth-order valence-corrected chi connectivity index (χ4v) is 2.67. The molecule has 0 aliphatic heterocycles. The molecule has 0 spiro atoms. The standard InChI is InChI=1S/C18H13ClN4O3/c1-25-13-5-2-10(3-6-13)16-20-18(23-22-16)21-17(24)15-9-11-8-12(19)4-7-14(11)26-15/h2-9H,1H3,(H2,20,21,22,23,24). The number of carbonyl (C=O) groups excluding carboxylic acids is 1. The van der Waals surface area contributed by atoms with E-state index in [0.29, 0.717) is 16.4 Å². The van der Waals surface area contributed by atoms with Crippen molar-refractivity contribution < 1.29 is 13.9 Å². The molecule has 7 nitrogen and oxygen atoms in total. The second kappa shape index (κ2) is 6.53. The van der Waals surface area contributed by atoms with E-state index >= 15 is 0 Å². The van der Waals surface area contributed by atoms with Crippen molar-refractivity contribution in [3.05, 3.63) is 59.3 Å². The predicted molar refractivity (Wildman–Crippen MR) is 97.5 cm³/mol. The van der Waals surface area contributed by atoms with Gasteiger partial charge in [-0.2, -0.15) is 4.98 Å². The molecule has 130 valence electrons. The van der Waals surface area contributed by atoms with Gasteiger partial charge in [0, 0.05) is 16.0 Å². The Morgan fingerprint density at radius 3 is 2.77 bits per heavy atom. The van der Waals surface area contributed by atoms with Gasteiger partial charge in [-0.05, 0) is 48.5 Å². The largest absolute Gasteiger partial charge is 0.497 e. The molecule has 2 aromatic carbocycles. The van der Waals surface area contributed by atoms with Crippen LogP contribution in [0.4, 0.5) is 5.95 Å². The van der Waals surface area contributed by atoms with E-state index in [4.69, 9.17) is 20.8 Å². The minimum Gasteiger partial charge on any atom is -0.497 e. The molecular weight excluding hydrogens is 356 g/mol. The monoisotopic (exact) mass is 368 g/mol. The molecule has 8 heteroatoms. The summed E-state index contributed by atoms with van der Waals surface area (Å²) < 4.78 is 10.6. The number of benzene rings is 2. The molecule has 0 aliphatic rings. The minimum absolute atomic E-state index is 0.151. The van der Waals surface area contributed by atoms with Crippen LogP contribution in [0.2, 0.25) is 5.02 Å². The van der Waals surface area contributed by atoms with Crippen molar-refractivity contribution >= 4 is 34.4 Å². The van der Waals surface area contributed by atoms with Crippen molar-refractivity contribution in [2.75, 3.05) is 12.4 Å². The Balaban J connectivity index is 1.53. The van der Waals surface area contributed by atoms with Gasteiger partial charge in [-0.1, -0.05) is 11.6 Å². The first-order valence-electron chi connectivity index (χ1n) is 7.69. The van der Waals surface area contributed by atoms with Crippen LogP contribution in [0.3, 0.4) is 0 Å². The number of hydrogen-bond donors (Lipinski definition) is 2. The molecule has 0 bridgehead atoms. The zero-order valence-electron chi connectivity index (χ0n) is 13.6. The summed E-state index contributed by atoms with van der Waals surface area (Å²) in [6.07, 6.45) is 0. The van der Waals surface area contributed by atoms with Crippen LogP contribution in [0.15, 0.2) is 52.9 Å². The molecule has 4 rings (SSSR count). The van der Waals surface area contributed by atoms with E-state index < -0.39 is 5.91 Å². The first kappa shape index (κ1) is 16.2. The van der Waals surface area contributed by atoms with Crippen molar-refractivity contribution in [2.24, 2.45) is 0 Å². The first-order chi connectivity index (χ1) is 12.6. The number of carbonyl (C=O) groups is 1. The summed E-state index contributed by atoms with van der Waals surface area (Å²) in [5.74, 6) is 1.13. The van der Waals surface area contributed by atoms with Gasteiger partial charge in [0.2, 0.25) is 5.95 Å². The minimum atomic E-state index is -0.447. The van der Waals surface area contributed by atoms with Crippen molar-refractivity contribution in [1.29, 1.82) is 0 Å². The van der Waals surface area contributed by atoms with Gasteiger partial charge in [0.15, 0.2) is 11.6 Å². The Morgan fingerprint density at radius 2 is 2.00 bits per heavy atom. The third-order valence-electron chi connectivity index (χ3n) is 3.78. The summed E-state index contributed by atoms with van der Waals surface area (Å²) in [5, 5.41) is 10.7. The third kappa shape index (κ3) is 3.12. The fourth-order valence-electron chi connectivity index (χ4n) is 2.48. The molecule has 0 fully saturated rings. The molecule has 26 heavy (non-hydrogen) atoms. The van der Waals surface area contributed by atoms with Crippen LogP contribution in [0.25, 0.3) is 22.4 Å². The van der Waals surface area contributed by atoms with Crippen LogP contribution < -0.4 is 10.1 Å². The highest BCUT2D eigenvalue weighted by atomic mass is 35.5. The van der Waals surface area contributed by atoms with E-state index in [1.807, 2.05) is 24.3 Å². The highest BCUT2D eigenvalue weighted by Crippen LogP contribution is 2.24. The van der Waals surface area contributed by atoms with Crippen LogP contribution in [0.1, 0.15) is 10.6 Å². The highest BCUT2D eigenvalue weighted by molar-refractivity contribution is 6.31. The Hall–Kier alpha value is -3.32. The smallest absolute Gasteiger partial charge is 0.293 e. The van der Waals surface area contributed by atoms with Gasteiger partial charge >= 0.3 is 0 Å². The number of H-pyrrole nitrogens is 1. The third-order valence-corrected chi connectivity index (χ3v) is 4.01. The van der Waals surface area contributed by atoms with E-state index in [2.05, 4.69) is 20.5 Å². The number of hydrogen-bond acceptors (Lipinski definition) is 5. The molecule has 2 heterocycles. The Kier molecular flexibility index (Phi) is 4.06. The molecule has 4 aromatic rings. The van der Waals surface area contributed by atoms with Crippen LogP contribution in [-0.2, 0) is 0 Å². The maximum absolute atomic E-state index is 12.3. The number of fused-ring (bicyclic) bond motifs is 1. The summed E-state index contributed by atoms with van der Waals surface area (Å²) in [6, 6.07) is 14.1. The van der Waals surface area contributed by atoms with Gasteiger partial charge in [0.1, 0.15) is 11.3 Å². The van der Waals surface area contributed by atoms with Crippen LogP contribution in [0, 0.1) is 0 Å². The number of aromatic nitrogens is 3. The molecule has 0 unspecified atom stereocenters. The number of nitrogens with zero attached hydrogens (tertiary/aromatic N) is 2. The summed E-state index contributed by atoms with van der Waals surface area (Å²) in [4.78, 5) is 16.6. The fraction of sp³-hybridized carbons (Fsp3) is 0.0556. The van der Waals surface area contributed by atoms with Gasteiger partial charge in [0.05, 0.1) is 7.11 Å². The zero-order chi connectivity index (χ0) is 18.1. The molecule has 0 aliphatic carbocycles. The van der Waals surface area contributed by atoms with Crippen LogP contribution in [-0.4, -0.2) is 28.2 Å². The van der Waals surface area contributed by atoms with E-state index in [0.717, 1.165) is 16.7 Å². The average Bonchev–Trinajstić information content (AvgIpc) is 3.28. The lowest BCUT2D eigenvalue weighted by Crippen LogP contribution is -2.11. The predicted octanol–water partition coefficient (Wildman–Crippen LogP) is 4.13. The second-order valence-corrected chi connectivity index (χ2v) is 5.92. The number of rotatable bonds is 4. The van der Waals surface area contributed by atoms with Gasteiger partial charge in [-0.25, -0.2) is 0 Å². The number of aromatic amines is 1. The SMILES string of the molecule is COc1ccc(-c2nc(NC(=O)c3cc4cc(Cl)ccc4o3)n[nH]2)cc1. The van der Waals surface area contributed by atoms with E-state index in [1.165, 1.54) is 0 Å². The normalized spacial score (nSPS) is 10.8. The topological polar surface area (TPSA) is 93.0 Å². The number of methoxy groups -OCH3 is 1. The van der Waals surface area contributed by atoms with Crippen molar-refractivity contribution in [1.82, 2.24) is 15.2 Å². The Morgan fingerprint density at radius 1 is 1.19 bits per heavy atom. The average molecular weight is 369 g/mol. The second-order valence-electron chi connectivity index (χ2n) is 5.48. The van der Waals surface area contributed by atoms with Crippen LogP contribution in [0.5, 0.6) is 5.75 Å². The molecule has 0 atom stereocenters. The van der Waals surface area contributed by atoms with Gasteiger partial charge in [0.25, 0.3) is 5.91 Å². The molecule has 2 aromatic heterocycles. The van der Waals surface area contributed by atoms with Gasteiger partial charge in [-0.15, -0.1) is 5.10 Å². The number of anilines is 1. The summed E-state index contributed by atoms with van der Waals surface area (Å²) in [7, 11) is 1.60. The molecule has 0 radical (unpaired) electrons. The number of furan rings is 1. The zero-order valence-corrected chi connectivity index (χ0v) is 14.4. The molecule has 2 N–H and O–H groups in total. The Labute approximate surface area is 152 Å². The highest BCUT2D eigenvalue weighted by Gasteiger charge is 2.15. The van der Waals surface area contributed by atoms with Crippen molar-refractivity contribution in [3.8, 4) is 17.1 Å². The lowest BCUT2D eigenvalue weighted by molar-refractivity contribution is 0.0998. The molecule has 1 amide bonds. The molecule has 0 saturated heterocycles. The van der Waals surface area contributed by atoms with E-state index in [9.17, 15) is 4.79 Å². The maximum Gasteiger partial charge on any atom is 0.293 e. The van der Waals surface area contributed by atoms with Crippen LogP contribution >= 0.6 is 11.6 Å². The first-order valence-corrected chi connectivity index (χ1v) is 8.07.